The molecule has 0 spiro atoms. The van der Waals surface area contributed by atoms with E-state index in [1.165, 1.54) is 11.8 Å². The normalized spacial score (nSPS) is 17.8. The molecular formula is C19H22N4O2S. The van der Waals surface area contributed by atoms with Crippen LogP contribution in [0.5, 0.6) is 0 Å². The van der Waals surface area contributed by atoms with Gasteiger partial charge >= 0.3 is 0 Å². The third-order valence-electron chi connectivity index (χ3n) is 4.91. The number of aromatic nitrogens is 2. The lowest BCUT2D eigenvalue weighted by atomic mass is 10.2. The molecule has 7 heteroatoms. The van der Waals surface area contributed by atoms with E-state index in [0.29, 0.717) is 19.6 Å². The van der Waals surface area contributed by atoms with Crippen molar-refractivity contribution >= 4 is 17.7 Å². The molecule has 2 aliphatic rings. The fourth-order valence-electron chi connectivity index (χ4n) is 3.51. The molecule has 3 heterocycles. The van der Waals surface area contributed by atoms with Gasteiger partial charge in [0.2, 0.25) is 0 Å². The third kappa shape index (κ3) is 3.54. The van der Waals surface area contributed by atoms with Crippen LogP contribution in [0.2, 0.25) is 0 Å². The molecule has 4 rings (SSSR count). The highest BCUT2D eigenvalue weighted by molar-refractivity contribution is 7.99. The van der Waals surface area contributed by atoms with Crippen LogP contribution in [0.3, 0.4) is 0 Å². The minimum Gasteiger partial charge on any atom is -0.337 e. The number of carbonyl (C=O) groups excluding carboxylic acids is 1. The van der Waals surface area contributed by atoms with Gasteiger partial charge in [-0.3, -0.25) is 19.1 Å². The Morgan fingerprint density at radius 3 is 2.77 bits per heavy atom. The first kappa shape index (κ1) is 17.3. The van der Waals surface area contributed by atoms with Crippen LogP contribution in [-0.2, 0) is 13.1 Å². The average molecular weight is 370 g/mol. The molecule has 0 saturated carbocycles. The predicted molar refractivity (Wildman–Crippen MR) is 101 cm³/mol. The molecule has 0 unspecified atom stereocenters. The highest BCUT2D eigenvalue weighted by Gasteiger charge is 2.25. The van der Waals surface area contributed by atoms with Gasteiger partial charge in [-0.15, -0.1) is 0 Å². The van der Waals surface area contributed by atoms with E-state index in [1.54, 1.807) is 21.2 Å². The van der Waals surface area contributed by atoms with Gasteiger partial charge in [0.1, 0.15) is 5.56 Å². The SMILES string of the molecule is O=C(c1cnc2n(c1=O)CCS2)N1CCCN(Cc2ccccc2)CC1. The van der Waals surface area contributed by atoms with Crippen LogP contribution in [0.15, 0.2) is 46.5 Å². The molecule has 2 aromatic rings. The molecule has 26 heavy (non-hydrogen) atoms. The zero-order chi connectivity index (χ0) is 17.9. The molecule has 1 aromatic heterocycles. The van der Waals surface area contributed by atoms with Crippen LogP contribution >= 0.6 is 11.8 Å². The molecule has 1 saturated heterocycles. The molecule has 1 amide bonds. The number of amides is 1. The maximum atomic E-state index is 12.9. The van der Waals surface area contributed by atoms with E-state index in [-0.39, 0.29) is 17.0 Å². The van der Waals surface area contributed by atoms with Gasteiger partial charge in [-0.05, 0) is 12.0 Å². The molecule has 6 nitrogen and oxygen atoms in total. The van der Waals surface area contributed by atoms with Gasteiger partial charge in [0, 0.05) is 51.2 Å². The monoisotopic (exact) mass is 370 g/mol. The van der Waals surface area contributed by atoms with E-state index in [1.807, 2.05) is 6.07 Å². The first-order chi connectivity index (χ1) is 12.7. The Morgan fingerprint density at radius 2 is 1.92 bits per heavy atom. The fourth-order valence-corrected chi connectivity index (χ4v) is 4.42. The maximum Gasteiger partial charge on any atom is 0.267 e. The summed E-state index contributed by atoms with van der Waals surface area (Å²) in [4.78, 5) is 33.9. The van der Waals surface area contributed by atoms with Crippen molar-refractivity contribution in [1.82, 2.24) is 19.4 Å². The molecule has 0 radical (unpaired) electrons. The maximum absolute atomic E-state index is 12.9. The van der Waals surface area contributed by atoms with E-state index in [2.05, 4.69) is 34.1 Å². The summed E-state index contributed by atoms with van der Waals surface area (Å²) in [6.07, 6.45) is 2.37. The van der Waals surface area contributed by atoms with Crippen LogP contribution in [0.1, 0.15) is 22.3 Å². The van der Waals surface area contributed by atoms with Crippen molar-refractivity contribution in [1.29, 1.82) is 0 Å². The summed E-state index contributed by atoms with van der Waals surface area (Å²) in [5, 5.41) is 0.719. The molecule has 136 valence electrons. The summed E-state index contributed by atoms with van der Waals surface area (Å²) in [6.45, 7) is 4.62. The largest absolute Gasteiger partial charge is 0.337 e. The Balaban J connectivity index is 1.44. The molecule has 0 N–H and O–H groups in total. The highest BCUT2D eigenvalue weighted by atomic mass is 32.2. The lowest BCUT2D eigenvalue weighted by Gasteiger charge is -2.22. The lowest BCUT2D eigenvalue weighted by molar-refractivity contribution is 0.0757. The number of thioether (sulfide) groups is 1. The van der Waals surface area contributed by atoms with Crippen LogP contribution in [0, 0.1) is 0 Å². The van der Waals surface area contributed by atoms with Crippen molar-refractivity contribution in [3.8, 4) is 0 Å². The molecule has 2 aliphatic heterocycles. The summed E-state index contributed by atoms with van der Waals surface area (Å²) >= 11 is 1.56. The van der Waals surface area contributed by atoms with Gasteiger partial charge < -0.3 is 4.90 Å². The van der Waals surface area contributed by atoms with Gasteiger partial charge in [-0.1, -0.05) is 42.1 Å². The van der Waals surface area contributed by atoms with Crippen LogP contribution < -0.4 is 5.56 Å². The van der Waals surface area contributed by atoms with Crippen molar-refractivity contribution in [2.45, 2.75) is 24.7 Å². The average Bonchev–Trinajstić information content (AvgIpc) is 3.03. The quantitative estimate of drug-likeness (QED) is 0.770. The summed E-state index contributed by atoms with van der Waals surface area (Å²) in [7, 11) is 0. The van der Waals surface area contributed by atoms with E-state index in [9.17, 15) is 9.59 Å². The number of fused-ring (bicyclic) bond motifs is 1. The molecule has 1 fully saturated rings. The summed E-state index contributed by atoms with van der Waals surface area (Å²) in [6, 6.07) is 10.4. The number of benzene rings is 1. The van der Waals surface area contributed by atoms with E-state index >= 15 is 0 Å². The van der Waals surface area contributed by atoms with Crippen molar-refractivity contribution in [2.75, 3.05) is 31.9 Å². The van der Waals surface area contributed by atoms with E-state index < -0.39 is 0 Å². The second kappa shape index (κ2) is 7.63. The third-order valence-corrected chi connectivity index (χ3v) is 5.88. The molecule has 0 atom stereocenters. The highest BCUT2D eigenvalue weighted by Crippen LogP contribution is 2.21. The van der Waals surface area contributed by atoms with Crippen molar-refractivity contribution in [2.24, 2.45) is 0 Å². The zero-order valence-corrected chi connectivity index (χ0v) is 15.5. The Hall–Kier alpha value is -2.12. The second-order valence-electron chi connectivity index (χ2n) is 6.67. The number of hydrogen-bond donors (Lipinski definition) is 0. The van der Waals surface area contributed by atoms with Gasteiger partial charge in [-0.2, -0.15) is 0 Å². The fraction of sp³-hybridized carbons (Fsp3) is 0.421. The summed E-state index contributed by atoms with van der Waals surface area (Å²) < 4.78 is 1.62. The second-order valence-corrected chi connectivity index (χ2v) is 7.73. The Bertz CT molecular complexity index is 852. The Morgan fingerprint density at radius 1 is 1.08 bits per heavy atom. The molecule has 1 aromatic carbocycles. The number of carbonyl (C=O) groups is 1. The first-order valence-corrected chi connectivity index (χ1v) is 9.99. The zero-order valence-electron chi connectivity index (χ0n) is 14.6. The number of rotatable bonds is 3. The first-order valence-electron chi connectivity index (χ1n) is 9.00. The van der Waals surface area contributed by atoms with Gasteiger partial charge in [-0.25, -0.2) is 4.98 Å². The smallest absolute Gasteiger partial charge is 0.267 e. The van der Waals surface area contributed by atoms with Crippen molar-refractivity contribution in [3.05, 3.63) is 58.0 Å². The van der Waals surface area contributed by atoms with Gasteiger partial charge in [0.25, 0.3) is 11.5 Å². The van der Waals surface area contributed by atoms with Crippen LogP contribution in [-0.4, -0.2) is 57.2 Å². The molecule has 0 aliphatic carbocycles. The van der Waals surface area contributed by atoms with Gasteiger partial charge in [0.05, 0.1) is 0 Å². The van der Waals surface area contributed by atoms with Crippen molar-refractivity contribution < 1.29 is 4.79 Å². The lowest BCUT2D eigenvalue weighted by Crippen LogP contribution is -2.39. The van der Waals surface area contributed by atoms with Gasteiger partial charge in [0.15, 0.2) is 5.16 Å². The minimum absolute atomic E-state index is 0.184. The van der Waals surface area contributed by atoms with E-state index in [0.717, 1.165) is 37.0 Å². The topological polar surface area (TPSA) is 58.4 Å². The summed E-state index contributed by atoms with van der Waals surface area (Å²) in [5.41, 5.74) is 1.29. The minimum atomic E-state index is -0.199. The predicted octanol–water partition coefficient (Wildman–Crippen LogP) is 1.70. The van der Waals surface area contributed by atoms with Crippen LogP contribution in [0.25, 0.3) is 0 Å². The Kier molecular flexibility index (Phi) is 5.08. The summed E-state index contributed by atoms with van der Waals surface area (Å²) in [5.74, 6) is 0.661. The number of nitrogens with zero attached hydrogens (tertiary/aromatic N) is 4. The molecular weight excluding hydrogens is 348 g/mol. The molecule has 0 bridgehead atoms. The van der Waals surface area contributed by atoms with E-state index in [4.69, 9.17) is 0 Å². The van der Waals surface area contributed by atoms with Crippen molar-refractivity contribution in [3.63, 3.8) is 0 Å². The Labute approximate surface area is 156 Å². The standard InChI is InChI=1S/C19H22N4O2S/c24-17(16-13-20-19-23(18(16)25)11-12-26-19)22-8-4-7-21(9-10-22)14-15-5-2-1-3-6-15/h1-3,5-6,13H,4,7-12,14H2. The number of hydrogen-bond acceptors (Lipinski definition) is 5. The van der Waals surface area contributed by atoms with Crippen LogP contribution in [0.4, 0.5) is 0 Å².